The van der Waals surface area contributed by atoms with Gasteiger partial charge in [-0.15, -0.1) is 0 Å². The predicted octanol–water partition coefficient (Wildman–Crippen LogP) is 1.62. The summed E-state index contributed by atoms with van der Waals surface area (Å²) >= 11 is 0. The molecule has 0 aromatic heterocycles. The Labute approximate surface area is 156 Å². The van der Waals surface area contributed by atoms with Crippen LogP contribution in [0.2, 0.25) is 0 Å². The largest absolute Gasteiger partial charge is 0.485 e. The Hall–Kier alpha value is -3.07. The first kappa shape index (κ1) is 18.7. The summed E-state index contributed by atoms with van der Waals surface area (Å²) in [4.78, 5) is 24.2. The number of hydrogen-bond donors (Lipinski definition) is 1. The number of fused-ring (bicyclic) bond motifs is 1. The molecule has 1 heterocycles. The van der Waals surface area contributed by atoms with Crippen molar-refractivity contribution >= 4 is 27.5 Å². The topological polar surface area (TPSA) is 108 Å². The van der Waals surface area contributed by atoms with E-state index in [0.29, 0.717) is 17.2 Å². The third-order valence-corrected chi connectivity index (χ3v) is 4.23. The van der Waals surface area contributed by atoms with Crippen LogP contribution >= 0.6 is 0 Å². The van der Waals surface area contributed by atoms with E-state index in [9.17, 15) is 18.0 Å². The van der Waals surface area contributed by atoms with E-state index in [1.807, 2.05) is 0 Å². The highest BCUT2D eigenvalue weighted by Crippen LogP contribution is 2.31. The number of sulfonamides is 1. The molecule has 0 aliphatic carbocycles. The molecule has 1 N–H and O–H groups in total. The number of anilines is 1. The Morgan fingerprint density at radius 2 is 1.78 bits per heavy atom. The van der Waals surface area contributed by atoms with Gasteiger partial charge in [-0.3, -0.25) is 9.52 Å². The maximum absolute atomic E-state index is 12.1. The zero-order valence-corrected chi connectivity index (χ0v) is 15.2. The highest BCUT2D eigenvalue weighted by Gasteiger charge is 2.29. The Morgan fingerprint density at radius 1 is 1.11 bits per heavy atom. The van der Waals surface area contributed by atoms with Crippen molar-refractivity contribution in [2.24, 2.45) is 0 Å². The van der Waals surface area contributed by atoms with Crippen molar-refractivity contribution in [2.45, 2.75) is 6.10 Å². The van der Waals surface area contributed by atoms with Crippen LogP contribution in [0.25, 0.3) is 0 Å². The number of nitrogens with one attached hydrogen (secondary N) is 1. The van der Waals surface area contributed by atoms with Gasteiger partial charge in [0, 0.05) is 11.3 Å². The number of ether oxygens (including phenoxy) is 3. The Morgan fingerprint density at radius 3 is 2.44 bits per heavy atom. The van der Waals surface area contributed by atoms with E-state index in [2.05, 4.69) is 4.72 Å². The smallest absolute Gasteiger partial charge is 0.351 e. The minimum atomic E-state index is -3.40. The summed E-state index contributed by atoms with van der Waals surface area (Å²) in [5.41, 5.74) is 0.616. The van der Waals surface area contributed by atoms with Gasteiger partial charge in [0.15, 0.2) is 23.9 Å². The van der Waals surface area contributed by atoms with Crippen LogP contribution in [0.1, 0.15) is 10.4 Å². The molecule has 0 bridgehead atoms. The minimum absolute atomic E-state index is 0.00407. The van der Waals surface area contributed by atoms with Crippen LogP contribution in [0.3, 0.4) is 0 Å². The Kier molecular flexibility index (Phi) is 5.31. The SMILES string of the molecule is CS(=O)(=O)Nc1ccc(C(=O)COC(=O)[C@@H]2COc3ccccc3O2)cc1. The highest BCUT2D eigenvalue weighted by atomic mass is 32.2. The molecule has 27 heavy (non-hydrogen) atoms. The van der Waals surface area contributed by atoms with Crippen LogP contribution in [0.4, 0.5) is 5.69 Å². The number of Topliss-reactive ketones (excluding diaryl/α,β-unsaturated/α-hetero) is 1. The monoisotopic (exact) mass is 391 g/mol. The summed E-state index contributed by atoms with van der Waals surface area (Å²) in [5.74, 6) is -0.147. The van der Waals surface area contributed by atoms with Gasteiger partial charge in [0.1, 0.15) is 6.61 Å². The molecule has 8 nitrogen and oxygen atoms in total. The van der Waals surface area contributed by atoms with Gasteiger partial charge >= 0.3 is 5.97 Å². The van der Waals surface area contributed by atoms with E-state index in [1.54, 1.807) is 24.3 Å². The second-order valence-corrected chi connectivity index (χ2v) is 7.60. The average molecular weight is 391 g/mol. The lowest BCUT2D eigenvalue weighted by molar-refractivity contribution is -0.153. The van der Waals surface area contributed by atoms with Crippen LogP contribution in [0, 0.1) is 0 Å². The summed E-state index contributed by atoms with van der Waals surface area (Å²) < 4.78 is 40.6. The summed E-state index contributed by atoms with van der Waals surface area (Å²) in [6.07, 6.45) is 0.0788. The van der Waals surface area contributed by atoms with Crippen LogP contribution in [0.15, 0.2) is 48.5 Å². The van der Waals surface area contributed by atoms with Gasteiger partial charge in [-0.2, -0.15) is 0 Å². The number of ketones is 1. The van der Waals surface area contributed by atoms with Crippen LogP contribution in [-0.4, -0.2) is 45.7 Å². The Balaban J connectivity index is 1.54. The number of esters is 1. The number of carbonyl (C=O) groups is 2. The third kappa shape index (κ3) is 4.98. The summed E-state index contributed by atoms with van der Waals surface area (Å²) in [6.45, 7) is -0.463. The lowest BCUT2D eigenvalue weighted by Gasteiger charge is -2.24. The van der Waals surface area contributed by atoms with E-state index < -0.39 is 34.5 Å². The number of benzene rings is 2. The summed E-state index contributed by atoms with van der Waals surface area (Å²) in [5, 5.41) is 0. The molecule has 0 amide bonds. The molecule has 9 heteroatoms. The maximum atomic E-state index is 12.1. The summed E-state index contributed by atoms with van der Waals surface area (Å²) in [7, 11) is -3.40. The molecule has 1 aliphatic heterocycles. The van der Waals surface area contributed by atoms with E-state index in [-0.39, 0.29) is 12.2 Å². The van der Waals surface area contributed by atoms with Gasteiger partial charge < -0.3 is 14.2 Å². The predicted molar refractivity (Wildman–Crippen MR) is 96.6 cm³/mol. The van der Waals surface area contributed by atoms with Gasteiger partial charge in [0.25, 0.3) is 0 Å². The van der Waals surface area contributed by atoms with Gasteiger partial charge in [0.05, 0.1) is 6.26 Å². The molecule has 0 unspecified atom stereocenters. The number of rotatable bonds is 6. The maximum Gasteiger partial charge on any atom is 0.351 e. The molecule has 2 aromatic rings. The second kappa shape index (κ2) is 7.67. The Bertz CT molecular complexity index is 954. The molecular formula is C18H17NO7S. The first-order chi connectivity index (χ1) is 12.8. The molecule has 0 saturated heterocycles. The minimum Gasteiger partial charge on any atom is -0.485 e. The number of para-hydroxylation sites is 2. The van der Waals surface area contributed by atoms with Gasteiger partial charge in [-0.1, -0.05) is 12.1 Å². The summed E-state index contributed by atoms with van der Waals surface area (Å²) in [6, 6.07) is 12.7. The van der Waals surface area contributed by atoms with Crippen molar-refractivity contribution < 1.29 is 32.2 Å². The normalized spacial score (nSPS) is 15.7. The fourth-order valence-corrected chi connectivity index (χ4v) is 2.95. The quantitative estimate of drug-likeness (QED) is 0.589. The lowest BCUT2D eigenvalue weighted by Crippen LogP contribution is -2.38. The van der Waals surface area contributed by atoms with Gasteiger partial charge in [-0.05, 0) is 36.4 Å². The second-order valence-electron chi connectivity index (χ2n) is 5.85. The molecule has 0 saturated carbocycles. The van der Waals surface area contributed by atoms with E-state index in [1.165, 1.54) is 24.3 Å². The van der Waals surface area contributed by atoms with Crippen molar-refractivity contribution in [3.05, 3.63) is 54.1 Å². The lowest BCUT2D eigenvalue weighted by atomic mass is 10.1. The fraction of sp³-hybridized carbons (Fsp3) is 0.222. The zero-order chi connectivity index (χ0) is 19.4. The first-order valence-corrected chi connectivity index (χ1v) is 9.87. The van der Waals surface area contributed by atoms with Crippen molar-refractivity contribution in [2.75, 3.05) is 24.2 Å². The average Bonchev–Trinajstić information content (AvgIpc) is 2.64. The van der Waals surface area contributed by atoms with E-state index >= 15 is 0 Å². The molecule has 0 spiro atoms. The van der Waals surface area contributed by atoms with Gasteiger partial charge in [0.2, 0.25) is 16.1 Å². The van der Waals surface area contributed by atoms with Crippen LogP contribution in [-0.2, 0) is 19.6 Å². The fourth-order valence-electron chi connectivity index (χ4n) is 2.39. The molecule has 3 rings (SSSR count). The van der Waals surface area contributed by atoms with Gasteiger partial charge in [-0.25, -0.2) is 13.2 Å². The van der Waals surface area contributed by atoms with Crippen molar-refractivity contribution in [3.63, 3.8) is 0 Å². The number of carbonyl (C=O) groups excluding carboxylic acids is 2. The first-order valence-electron chi connectivity index (χ1n) is 7.98. The van der Waals surface area contributed by atoms with Crippen molar-refractivity contribution in [3.8, 4) is 11.5 Å². The van der Waals surface area contributed by atoms with Crippen molar-refractivity contribution in [1.82, 2.24) is 0 Å². The van der Waals surface area contributed by atoms with E-state index in [4.69, 9.17) is 14.2 Å². The molecule has 0 radical (unpaired) electrons. The molecule has 1 aliphatic rings. The highest BCUT2D eigenvalue weighted by molar-refractivity contribution is 7.92. The molecule has 1 atom stereocenters. The third-order valence-electron chi connectivity index (χ3n) is 3.63. The van der Waals surface area contributed by atoms with Crippen molar-refractivity contribution in [1.29, 1.82) is 0 Å². The molecule has 2 aromatic carbocycles. The molecule has 0 fully saturated rings. The number of hydrogen-bond acceptors (Lipinski definition) is 7. The van der Waals surface area contributed by atoms with Crippen LogP contribution in [0.5, 0.6) is 11.5 Å². The van der Waals surface area contributed by atoms with E-state index in [0.717, 1.165) is 6.26 Å². The molecule has 142 valence electrons. The standard InChI is InChI=1S/C18H17NO7S/c1-27(22,23)19-13-8-6-12(7-9-13)14(20)10-25-18(21)17-11-24-15-4-2-3-5-16(15)26-17/h2-9,17,19H,10-11H2,1H3/t17-/m0/s1. The molecular weight excluding hydrogens is 374 g/mol. The zero-order valence-electron chi connectivity index (χ0n) is 14.4. The van der Waals surface area contributed by atoms with Crippen LogP contribution < -0.4 is 14.2 Å².